The van der Waals surface area contributed by atoms with E-state index < -0.39 is 0 Å². The van der Waals surface area contributed by atoms with E-state index in [2.05, 4.69) is 10.3 Å². The number of carbonyl (C=O) groups is 1. The third kappa shape index (κ3) is 3.96. The van der Waals surface area contributed by atoms with Crippen molar-refractivity contribution in [2.24, 2.45) is 0 Å². The summed E-state index contributed by atoms with van der Waals surface area (Å²) in [6.07, 6.45) is 1.71. The van der Waals surface area contributed by atoms with Crippen LogP contribution in [0.1, 0.15) is 12.6 Å². The fourth-order valence-corrected chi connectivity index (χ4v) is 1.77. The van der Waals surface area contributed by atoms with Crippen LogP contribution in [0, 0.1) is 0 Å². The molecule has 19 heavy (non-hydrogen) atoms. The zero-order valence-electron chi connectivity index (χ0n) is 10.4. The van der Waals surface area contributed by atoms with Crippen molar-refractivity contribution in [1.29, 1.82) is 0 Å². The molecule has 0 aliphatic rings. The van der Waals surface area contributed by atoms with Gasteiger partial charge in [0.2, 0.25) is 5.91 Å². The molecule has 0 bridgehead atoms. The van der Waals surface area contributed by atoms with Crippen molar-refractivity contribution in [3.8, 4) is 5.75 Å². The highest BCUT2D eigenvalue weighted by atomic mass is 35.5. The first-order valence-corrected chi connectivity index (χ1v) is 6.13. The Morgan fingerprint density at radius 2 is 2.21 bits per heavy atom. The van der Waals surface area contributed by atoms with Crippen molar-refractivity contribution in [3.05, 3.63) is 53.3 Å². The van der Waals surface area contributed by atoms with E-state index in [0.29, 0.717) is 23.1 Å². The molecule has 0 atom stereocenters. The summed E-state index contributed by atoms with van der Waals surface area (Å²) in [6.45, 7) is 1.79. The maximum atomic E-state index is 10.9. The largest absolute Gasteiger partial charge is 0.486 e. The predicted molar refractivity (Wildman–Crippen MR) is 74.3 cm³/mol. The third-order valence-electron chi connectivity index (χ3n) is 2.35. The first-order valence-electron chi connectivity index (χ1n) is 5.75. The molecule has 0 aliphatic heterocycles. The zero-order valence-corrected chi connectivity index (χ0v) is 11.1. The topological polar surface area (TPSA) is 51.2 Å². The summed E-state index contributed by atoms with van der Waals surface area (Å²) in [5.41, 5.74) is 1.46. The van der Waals surface area contributed by atoms with Gasteiger partial charge in [-0.2, -0.15) is 0 Å². The van der Waals surface area contributed by atoms with Crippen molar-refractivity contribution in [1.82, 2.24) is 4.98 Å². The molecule has 0 saturated heterocycles. The minimum absolute atomic E-state index is 0.141. The number of nitrogens with one attached hydrogen (secondary N) is 1. The monoisotopic (exact) mass is 276 g/mol. The van der Waals surface area contributed by atoms with Crippen LogP contribution < -0.4 is 10.1 Å². The molecule has 2 rings (SSSR count). The van der Waals surface area contributed by atoms with Crippen LogP contribution in [0.5, 0.6) is 5.75 Å². The number of rotatable bonds is 4. The lowest BCUT2D eigenvalue weighted by Gasteiger charge is -2.09. The fraction of sp³-hybridized carbons (Fsp3) is 0.143. The lowest BCUT2D eigenvalue weighted by molar-refractivity contribution is -0.114. The molecule has 1 aromatic carbocycles. The summed E-state index contributed by atoms with van der Waals surface area (Å²) in [4.78, 5) is 15.1. The molecule has 4 nitrogen and oxygen atoms in total. The molecule has 0 aliphatic carbocycles. The standard InChI is InChI=1S/C14H13ClN2O2/c1-10(18)17-11-5-6-14(13(15)8-11)19-9-12-4-2-3-7-16-12/h2-8H,9H2,1H3,(H,17,18). The van der Waals surface area contributed by atoms with E-state index in [1.165, 1.54) is 6.92 Å². The number of amides is 1. The van der Waals surface area contributed by atoms with Gasteiger partial charge in [0.25, 0.3) is 0 Å². The van der Waals surface area contributed by atoms with Gasteiger partial charge in [0.15, 0.2) is 0 Å². The lowest BCUT2D eigenvalue weighted by atomic mass is 10.3. The van der Waals surface area contributed by atoms with E-state index in [1.807, 2.05) is 18.2 Å². The quantitative estimate of drug-likeness (QED) is 0.932. The van der Waals surface area contributed by atoms with E-state index in [1.54, 1.807) is 24.4 Å². The molecule has 0 unspecified atom stereocenters. The molecular weight excluding hydrogens is 264 g/mol. The first-order chi connectivity index (χ1) is 9.15. The lowest BCUT2D eigenvalue weighted by Crippen LogP contribution is -2.05. The van der Waals surface area contributed by atoms with Gasteiger partial charge >= 0.3 is 0 Å². The molecule has 0 saturated carbocycles. The predicted octanol–water partition coefficient (Wildman–Crippen LogP) is 3.27. The Morgan fingerprint density at radius 3 is 2.84 bits per heavy atom. The molecule has 0 radical (unpaired) electrons. The second kappa shape index (κ2) is 6.20. The van der Waals surface area contributed by atoms with Gasteiger partial charge in [-0.05, 0) is 30.3 Å². The van der Waals surface area contributed by atoms with Gasteiger partial charge in [0, 0.05) is 18.8 Å². The molecule has 0 fully saturated rings. The van der Waals surface area contributed by atoms with Crippen LogP contribution in [0.25, 0.3) is 0 Å². The number of carbonyl (C=O) groups excluding carboxylic acids is 1. The Morgan fingerprint density at radius 1 is 1.37 bits per heavy atom. The summed E-state index contributed by atoms with van der Waals surface area (Å²) >= 11 is 6.08. The Balaban J connectivity index is 2.03. The maximum Gasteiger partial charge on any atom is 0.221 e. The molecule has 1 heterocycles. The second-order valence-electron chi connectivity index (χ2n) is 3.94. The Bertz CT molecular complexity index is 573. The van der Waals surface area contributed by atoms with E-state index in [-0.39, 0.29) is 5.91 Å². The molecule has 98 valence electrons. The SMILES string of the molecule is CC(=O)Nc1ccc(OCc2ccccn2)c(Cl)c1. The van der Waals surface area contributed by atoms with E-state index in [9.17, 15) is 4.79 Å². The van der Waals surface area contributed by atoms with Crippen molar-refractivity contribution in [2.45, 2.75) is 13.5 Å². The molecule has 1 N–H and O–H groups in total. The molecular formula is C14H13ClN2O2. The van der Waals surface area contributed by atoms with Crippen LogP contribution in [0.2, 0.25) is 5.02 Å². The number of benzene rings is 1. The number of nitrogens with zero attached hydrogens (tertiary/aromatic N) is 1. The third-order valence-corrected chi connectivity index (χ3v) is 2.65. The van der Waals surface area contributed by atoms with Gasteiger partial charge in [-0.3, -0.25) is 9.78 Å². The number of halogens is 1. The van der Waals surface area contributed by atoms with Gasteiger partial charge in [0.1, 0.15) is 12.4 Å². The van der Waals surface area contributed by atoms with Crippen LogP contribution in [-0.2, 0) is 11.4 Å². The molecule has 1 amide bonds. The fourth-order valence-electron chi connectivity index (χ4n) is 1.53. The summed E-state index contributed by atoms with van der Waals surface area (Å²) in [5.74, 6) is 0.416. The van der Waals surface area contributed by atoms with Crippen molar-refractivity contribution >= 4 is 23.2 Å². The number of hydrogen-bond donors (Lipinski definition) is 1. The highest BCUT2D eigenvalue weighted by molar-refractivity contribution is 6.32. The summed E-state index contributed by atoms with van der Waals surface area (Å²) in [6, 6.07) is 10.7. The van der Waals surface area contributed by atoms with Crippen LogP contribution in [-0.4, -0.2) is 10.9 Å². The summed E-state index contributed by atoms with van der Waals surface area (Å²) < 4.78 is 5.58. The Hall–Kier alpha value is -2.07. The van der Waals surface area contributed by atoms with Gasteiger partial charge in [0.05, 0.1) is 10.7 Å². The maximum absolute atomic E-state index is 10.9. The van der Waals surface area contributed by atoms with Gasteiger partial charge in [-0.15, -0.1) is 0 Å². The molecule has 5 heteroatoms. The van der Waals surface area contributed by atoms with E-state index in [4.69, 9.17) is 16.3 Å². The minimum atomic E-state index is -0.141. The average Bonchev–Trinajstić information content (AvgIpc) is 2.38. The van der Waals surface area contributed by atoms with E-state index >= 15 is 0 Å². The highest BCUT2D eigenvalue weighted by Gasteiger charge is 2.05. The van der Waals surface area contributed by atoms with Crippen molar-refractivity contribution < 1.29 is 9.53 Å². The van der Waals surface area contributed by atoms with Crippen LogP contribution in [0.15, 0.2) is 42.6 Å². The van der Waals surface area contributed by atoms with Crippen LogP contribution >= 0.6 is 11.6 Å². The highest BCUT2D eigenvalue weighted by Crippen LogP contribution is 2.28. The van der Waals surface area contributed by atoms with Crippen LogP contribution in [0.3, 0.4) is 0 Å². The number of hydrogen-bond acceptors (Lipinski definition) is 3. The Kier molecular flexibility index (Phi) is 4.36. The van der Waals surface area contributed by atoms with Crippen LogP contribution in [0.4, 0.5) is 5.69 Å². The van der Waals surface area contributed by atoms with E-state index in [0.717, 1.165) is 5.69 Å². The van der Waals surface area contributed by atoms with Gasteiger partial charge in [-0.1, -0.05) is 17.7 Å². The molecule has 1 aromatic heterocycles. The average molecular weight is 277 g/mol. The first kappa shape index (κ1) is 13.4. The number of aromatic nitrogens is 1. The number of anilines is 1. The smallest absolute Gasteiger partial charge is 0.221 e. The number of pyridine rings is 1. The summed E-state index contributed by atoms with van der Waals surface area (Å²) in [7, 11) is 0. The number of ether oxygens (including phenoxy) is 1. The van der Waals surface area contributed by atoms with Crippen molar-refractivity contribution in [2.75, 3.05) is 5.32 Å². The minimum Gasteiger partial charge on any atom is -0.486 e. The van der Waals surface area contributed by atoms with Crippen molar-refractivity contribution in [3.63, 3.8) is 0 Å². The Labute approximate surface area is 116 Å². The normalized spacial score (nSPS) is 10.0. The second-order valence-corrected chi connectivity index (χ2v) is 4.34. The summed E-state index contributed by atoms with van der Waals surface area (Å²) in [5, 5.41) is 3.10. The zero-order chi connectivity index (χ0) is 13.7. The van der Waals surface area contributed by atoms with Gasteiger partial charge < -0.3 is 10.1 Å². The molecule has 0 spiro atoms. The molecule has 2 aromatic rings. The van der Waals surface area contributed by atoms with Gasteiger partial charge in [-0.25, -0.2) is 0 Å².